The van der Waals surface area contributed by atoms with Crippen LogP contribution in [-0.4, -0.2) is 74.2 Å². The molecule has 0 spiro atoms. The van der Waals surface area contributed by atoms with E-state index in [1.807, 2.05) is 6.92 Å². The third-order valence-corrected chi connectivity index (χ3v) is 10.00. The standard InChI is InChI=1S/C28H34Cl2F2N4O4S/c1-2-3-7-35-16-19(12-27(35)37)28(38)34-23(11-18-9-21(31)14-22(32)10-18)15-24-17-36(8-6-33-24)41(39,40)26-5-4-20(29)13-25(26)30/h4-5,9-10,13-14,19,23-24,33H,2-3,6-8,11-12,15-17H2,1H3,(H,34,38)/t19?,23?,24-/m0/s1. The van der Waals surface area contributed by atoms with Crippen molar-refractivity contribution in [1.29, 1.82) is 0 Å². The number of rotatable bonds is 11. The highest BCUT2D eigenvalue weighted by atomic mass is 35.5. The summed E-state index contributed by atoms with van der Waals surface area (Å²) in [5.74, 6) is -2.38. The lowest BCUT2D eigenvalue weighted by molar-refractivity contribution is -0.129. The fourth-order valence-electron chi connectivity index (χ4n) is 5.38. The number of carbonyl (C=O) groups is 2. The van der Waals surface area contributed by atoms with Crippen LogP contribution in [0.5, 0.6) is 0 Å². The van der Waals surface area contributed by atoms with Gasteiger partial charge in [0.2, 0.25) is 21.8 Å². The minimum absolute atomic E-state index is 0.0185. The fourth-order valence-corrected chi connectivity index (χ4v) is 7.61. The van der Waals surface area contributed by atoms with E-state index in [1.165, 1.54) is 34.6 Å². The third kappa shape index (κ3) is 8.16. The van der Waals surface area contributed by atoms with Gasteiger partial charge >= 0.3 is 0 Å². The molecule has 2 heterocycles. The second kappa shape index (κ2) is 13.8. The number of nitrogens with one attached hydrogen (secondary N) is 2. The fraction of sp³-hybridized carbons (Fsp3) is 0.500. The van der Waals surface area contributed by atoms with Crippen molar-refractivity contribution in [2.75, 3.05) is 32.7 Å². The summed E-state index contributed by atoms with van der Waals surface area (Å²) in [7, 11) is -3.93. The maximum Gasteiger partial charge on any atom is 0.244 e. The molecule has 2 saturated heterocycles. The van der Waals surface area contributed by atoms with E-state index in [0.29, 0.717) is 30.2 Å². The van der Waals surface area contributed by atoms with Crippen LogP contribution in [-0.2, 0) is 26.0 Å². The lowest BCUT2D eigenvalue weighted by Gasteiger charge is -2.35. The van der Waals surface area contributed by atoms with Gasteiger partial charge < -0.3 is 15.5 Å². The van der Waals surface area contributed by atoms with Gasteiger partial charge in [0.1, 0.15) is 16.5 Å². The molecular formula is C28H34Cl2F2N4O4S. The van der Waals surface area contributed by atoms with E-state index >= 15 is 0 Å². The van der Waals surface area contributed by atoms with Crippen LogP contribution in [0.3, 0.4) is 0 Å². The first-order chi connectivity index (χ1) is 19.5. The first kappa shape index (κ1) is 31.6. The molecule has 41 heavy (non-hydrogen) atoms. The van der Waals surface area contributed by atoms with Crippen LogP contribution < -0.4 is 10.6 Å². The Kier molecular flexibility index (Phi) is 10.6. The minimum Gasteiger partial charge on any atom is -0.353 e. The lowest BCUT2D eigenvalue weighted by Crippen LogP contribution is -2.55. The van der Waals surface area contributed by atoms with Gasteiger partial charge in [-0.05, 0) is 55.2 Å². The van der Waals surface area contributed by atoms with Crippen LogP contribution in [0, 0.1) is 17.6 Å². The van der Waals surface area contributed by atoms with Gasteiger partial charge in [-0.3, -0.25) is 9.59 Å². The average molecular weight is 632 g/mol. The molecule has 224 valence electrons. The van der Waals surface area contributed by atoms with E-state index in [9.17, 15) is 26.8 Å². The van der Waals surface area contributed by atoms with Gasteiger partial charge in [-0.2, -0.15) is 4.31 Å². The van der Waals surface area contributed by atoms with Crippen molar-refractivity contribution in [1.82, 2.24) is 19.8 Å². The molecule has 2 N–H and O–H groups in total. The number of unbranched alkanes of at least 4 members (excludes halogenated alkanes) is 1. The topological polar surface area (TPSA) is 98.8 Å². The molecule has 2 aromatic carbocycles. The van der Waals surface area contributed by atoms with Crippen molar-refractivity contribution >= 4 is 45.0 Å². The van der Waals surface area contributed by atoms with Crippen LogP contribution in [0.1, 0.15) is 38.2 Å². The highest BCUT2D eigenvalue weighted by Gasteiger charge is 2.36. The normalized spacial score (nSPS) is 20.8. The predicted octanol–water partition coefficient (Wildman–Crippen LogP) is 4.00. The molecule has 8 nitrogen and oxygen atoms in total. The Bertz CT molecular complexity index is 1360. The summed E-state index contributed by atoms with van der Waals surface area (Å²) >= 11 is 12.1. The van der Waals surface area contributed by atoms with E-state index in [1.54, 1.807) is 4.90 Å². The Morgan fingerprint density at radius 1 is 1.15 bits per heavy atom. The van der Waals surface area contributed by atoms with E-state index in [0.717, 1.165) is 18.9 Å². The number of carbonyl (C=O) groups excluding carboxylic acids is 2. The van der Waals surface area contributed by atoms with Crippen molar-refractivity contribution in [3.05, 3.63) is 63.6 Å². The van der Waals surface area contributed by atoms with Gasteiger partial charge in [0.15, 0.2) is 0 Å². The van der Waals surface area contributed by atoms with Crippen LogP contribution in [0.25, 0.3) is 0 Å². The molecule has 2 fully saturated rings. The summed E-state index contributed by atoms with van der Waals surface area (Å²) in [4.78, 5) is 27.3. The summed E-state index contributed by atoms with van der Waals surface area (Å²) in [6.45, 7) is 3.61. The first-order valence-corrected chi connectivity index (χ1v) is 15.9. The van der Waals surface area contributed by atoms with Crippen LogP contribution in [0.4, 0.5) is 8.78 Å². The largest absolute Gasteiger partial charge is 0.353 e. The van der Waals surface area contributed by atoms with Gasteiger partial charge in [-0.15, -0.1) is 0 Å². The zero-order valence-corrected chi connectivity index (χ0v) is 25.0. The van der Waals surface area contributed by atoms with Gasteiger partial charge in [-0.1, -0.05) is 36.5 Å². The van der Waals surface area contributed by atoms with Crippen molar-refractivity contribution < 1.29 is 26.8 Å². The molecule has 0 radical (unpaired) electrons. The van der Waals surface area contributed by atoms with Crippen molar-refractivity contribution in [2.24, 2.45) is 5.92 Å². The number of halogens is 4. The number of benzene rings is 2. The predicted molar refractivity (Wildman–Crippen MR) is 153 cm³/mol. The van der Waals surface area contributed by atoms with E-state index in [4.69, 9.17) is 23.2 Å². The Labute approximate surface area is 249 Å². The number of amides is 2. The van der Waals surface area contributed by atoms with Crippen molar-refractivity contribution in [3.63, 3.8) is 0 Å². The summed E-state index contributed by atoms with van der Waals surface area (Å²) < 4.78 is 56.0. The molecule has 0 aromatic heterocycles. The Morgan fingerprint density at radius 2 is 1.88 bits per heavy atom. The highest BCUT2D eigenvalue weighted by Crippen LogP contribution is 2.28. The van der Waals surface area contributed by atoms with Crippen LogP contribution in [0.15, 0.2) is 41.3 Å². The number of hydrogen-bond acceptors (Lipinski definition) is 5. The maximum absolute atomic E-state index is 14.0. The number of piperazine rings is 1. The average Bonchev–Trinajstić information content (AvgIpc) is 3.27. The maximum atomic E-state index is 14.0. The number of nitrogens with zero attached hydrogens (tertiary/aromatic N) is 2. The molecule has 0 saturated carbocycles. The smallest absolute Gasteiger partial charge is 0.244 e. The molecule has 2 unspecified atom stereocenters. The molecule has 3 atom stereocenters. The third-order valence-electron chi connectivity index (χ3n) is 7.42. The Morgan fingerprint density at radius 3 is 2.56 bits per heavy atom. The Balaban J connectivity index is 1.49. The molecule has 2 aliphatic heterocycles. The molecule has 2 aromatic rings. The lowest BCUT2D eigenvalue weighted by atomic mass is 9.97. The van der Waals surface area contributed by atoms with E-state index in [2.05, 4.69) is 10.6 Å². The molecule has 4 rings (SSSR count). The van der Waals surface area contributed by atoms with Gasteiger partial charge in [0.25, 0.3) is 0 Å². The van der Waals surface area contributed by atoms with Crippen molar-refractivity contribution in [3.8, 4) is 0 Å². The van der Waals surface area contributed by atoms with Crippen LogP contribution in [0.2, 0.25) is 10.0 Å². The minimum atomic E-state index is -3.93. The number of likely N-dealkylation sites (tertiary alicyclic amines) is 1. The van der Waals surface area contributed by atoms with Crippen LogP contribution >= 0.6 is 23.2 Å². The molecule has 0 bridgehead atoms. The molecule has 0 aliphatic carbocycles. The number of hydrogen-bond donors (Lipinski definition) is 2. The van der Waals surface area contributed by atoms with Gasteiger partial charge in [0.05, 0.1) is 10.9 Å². The monoisotopic (exact) mass is 630 g/mol. The molecule has 2 aliphatic rings. The van der Waals surface area contributed by atoms with E-state index < -0.39 is 33.6 Å². The highest BCUT2D eigenvalue weighted by molar-refractivity contribution is 7.89. The zero-order chi connectivity index (χ0) is 29.7. The summed E-state index contributed by atoms with van der Waals surface area (Å²) in [5.41, 5.74) is 0.355. The molecular weight excluding hydrogens is 597 g/mol. The summed E-state index contributed by atoms with van der Waals surface area (Å²) in [5, 5.41) is 6.61. The molecule has 13 heteroatoms. The first-order valence-electron chi connectivity index (χ1n) is 13.7. The van der Waals surface area contributed by atoms with Gasteiger partial charge in [0, 0.05) is 62.3 Å². The number of sulfonamides is 1. The van der Waals surface area contributed by atoms with Gasteiger partial charge in [-0.25, -0.2) is 17.2 Å². The SMILES string of the molecule is CCCCN1CC(C(=O)NC(Cc2cc(F)cc(F)c2)C[C@H]2CN(S(=O)(=O)c3ccc(Cl)cc3Cl)CCN2)CC1=O. The van der Waals surface area contributed by atoms with Crippen molar-refractivity contribution in [2.45, 2.75) is 56.0 Å². The summed E-state index contributed by atoms with van der Waals surface area (Å²) in [6.07, 6.45) is 2.28. The molecule has 2 amide bonds. The Hall–Kier alpha value is -2.31. The summed E-state index contributed by atoms with van der Waals surface area (Å²) in [6, 6.07) is 6.44. The van der Waals surface area contributed by atoms with E-state index in [-0.39, 0.29) is 60.1 Å². The quantitative estimate of drug-likeness (QED) is 0.391. The zero-order valence-electron chi connectivity index (χ0n) is 22.7. The second-order valence-corrected chi connectivity index (χ2v) is 13.4. The second-order valence-electron chi connectivity index (χ2n) is 10.6.